The van der Waals surface area contributed by atoms with Crippen molar-refractivity contribution in [3.8, 4) is 0 Å². The number of Topliss-reactive ketones (excluding diaryl/α,β-unsaturated/α-hetero) is 1. The Morgan fingerprint density at radius 1 is 1.36 bits per heavy atom. The number of rotatable bonds is 4. The highest BCUT2D eigenvalue weighted by Crippen LogP contribution is 2.30. The molecule has 0 spiro atoms. The van der Waals surface area contributed by atoms with Gasteiger partial charge in [0.1, 0.15) is 5.78 Å². The van der Waals surface area contributed by atoms with Crippen LogP contribution in [0.5, 0.6) is 0 Å². The number of hydrogen-bond donors (Lipinski definition) is 0. The van der Waals surface area contributed by atoms with Crippen molar-refractivity contribution < 1.29 is 4.79 Å². The Morgan fingerprint density at radius 2 is 2.07 bits per heavy atom. The molecule has 0 aromatic heterocycles. The number of hydrogen-bond acceptors (Lipinski definition) is 1. The number of ketones is 1. The van der Waals surface area contributed by atoms with Gasteiger partial charge in [0, 0.05) is 12.3 Å². The highest BCUT2D eigenvalue weighted by atomic mass is 16.1. The number of benzene rings is 1. The second kappa shape index (κ2) is 3.95. The van der Waals surface area contributed by atoms with E-state index in [1.165, 1.54) is 11.1 Å². The van der Waals surface area contributed by atoms with Crippen molar-refractivity contribution in [3.05, 3.63) is 35.4 Å². The lowest BCUT2D eigenvalue weighted by Gasteiger charge is -2.02. The molecule has 1 saturated carbocycles. The minimum Gasteiger partial charge on any atom is -0.299 e. The Balaban J connectivity index is 2.04. The molecule has 1 aliphatic rings. The second-order valence-corrected chi connectivity index (χ2v) is 4.09. The van der Waals surface area contributed by atoms with Crippen LogP contribution < -0.4 is 0 Å². The maximum absolute atomic E-state index is 11.6. The van der Waals surface area contributed by atoms with Gasteiger partial charge in [-0.3, -0.25) is 4.79 Å². The van der Waals surface area contributed by atoms with E-state index in [0.717, 1.165) is 19.3 Å². The zero-order valence-electron chi connectivity index (χ0n) is 8.62. The average molecular weight is 188 g/mol. The third-order valence-electron chi connectivity index (χ3n) is 2.81. The topological polar surface area (TPSA) is 17.1 Å². The summed E-state index contributed by atoms with van der Waals surface area (Å²) in [6.07, 6.45) is 3.92. The van der Waals surface area contributed by atoms with Gasteiger partial charge in [-0.2, -0.15) is 0 Å². The lowest BCUT2D eigenvalue weighted by Crippen LogP contribution is -2.04. The van der Waals surface area contributed by atoms with E-state index < -0.39 is 0 Å². The molecule has 0 amide bonds. The monoisotopic (exact) mass is 188 g/mol. The predicted molar refractivity (Wildman–Crippen MR) is 57.3 cm³/mol. The predicted octanol–water partition coefficient (Wildman–Crippen LogP) is 2.77. The summed E-state index contributed by atoms with van der Waals surface area (Å²) in [5, 5.41) is 0. The summed E-state index contributed by atoms with van der Waals surface area (Å²) in [4.78, 5) is 11.6. The summed E-state index contributed by atoms with van der Waals surface area (Å²) in [6, 6.07) is 8.37. The first-order valence-electron chi connectivity index (χ1n) is 5.40. The fourth-order valence-electron chi connectivity index (χ4n) is 1.71. The van der Waals surface area contributed by atoms with Gasteiger partial charge in [-0.15, -0.1) is 0 Å². The van der Waals surface area contributed by atoms with Crippen molar-refractivity contribution in [1.82, 2.24) is 0 Å². The molecule has 0 N–H and O–H groups in total. The molecule has 1 heteroatoms. The van der Waals surface area contributed by atoms with Gasteiger partial charge in [0.05, 0.1) is 0 Å². The zero-order chi connectivity index (χ0) is 9.97. The fraction of sp³-hybridized carbons (Fsp3) is 0.462. The van der Waals surface area contributed by atoms with Crippen LogP contribution in [0.1, 0.15) is 30.9 Å². The van der Waals surface area contributed by atoms with Crippen molar-refractivity contribution in [1.29, 1.82) is 0 Å². The first kappa shape index (κ1) is 9.45. The van der Waals surface area contributed by atoms with Gasteiger partial charge in [-0.25, -0.2) is 0 Å². The summed E-state index contributed by atoms with van der Waals surface area (Å²) in [6.45, 7) is 2.14. The standard InChI is InChI=1S/C13H16O/c1-2-10-4-3-5-11(8-10)9-13(14)12-6-7-12/h3-5,8,12H,2,6-7,9H2,1H3. The first-order chi connectivity index (χ1) is 6.79. The van der Waals surface area contributed by atoms with Gasteiger partial charge in [-0.1, -0.05) is 31.2 Å². The van der Waals surface area contributed by atoms with Crippen molar-refractivity contribution in [2.75, 3.05) is 0 Å². The van der Waals surface area contributed by atoms with Crippen LogP contribution in [0.3, 0.4) is 0 Å². The van der Waals surface area contributed by atoms with Crippen LogP contribution in [0.2, 0.25) is 0 Å². The largest absolute Gasteiger partial charge is 0.299 e. The lowest BCUT2D eigenvalue weighted by molar-refractivity contribution is -0.119. The van der Waals surface area contributed by atoms with Crippen LogP contribution in [0, 0.1) is 5.92 Å². The summed E-state index contributed by atoms with van der Waals surface area (Å²) in [5.74, 6) is 0.818. The van der Waals surface area contributed by atoms with E-state index in [-0.39, 0.29) is 0 Å². The minimum atomic E-state index is 0.389. The first-order valence-corrected chi connectivity index (χ1v) is 5.40. The lowest BCUT2D eigenvalue weighted by atomic mass is 10.0. The molecule has 1 nitrogen and oxygen atoms in total. The molecule has 0 atom stereocenters. The van der Waals surface area contributed by atoms with Gasteiger partial charge in [0.15, 0.2) is 0 Å². The molecule has 0 unspecified atom stereocenters. The van der Waals surface area contributed by atoms with E-state index in [0.29, 0.717) is 18.1 Å². The molecule has 1 fully saturated rings. The molecule has 74 valence electrons. The molecule has 0 saturated heterocycles. The fourth-order valence-corrected chi connectivity index (χ4v) is 1.71. The normalized spacial score (nSPS) is 15.5. The Hall–Kier alpha value is -1.11. The van der Waals surface area contributed by atoms with Gasteiger partial charge >= 0.3 is 0 Å². The van der Waals surface area contributed by atoms with E-state index in [9.17, 15) is 4.79 Å². The van der Waals surface area contributed by atoms with Gasteiger partial charge < -0.3 is 0 Å². The van der Waals surface area contributed by atoms with E-state index in [1.807, 2.05) is 6.07 Å². The molecule has 0 radical (unpaired) electrons. The van der Waals surface area contributed by atoms with E-state index in [2.05, 4.69) is 25.1 Å². The summed E-state index contributed by atoms with van der Waals surface area (Å²) < 4.78 is 0. The van der Waals surface area contributed by atoms with E-state index in [4.69, 9.17) is 0 Å². The Morgan fingerprint density at radius 3 is 2.71 bits per heavy atom. The molecular weight excluding hydrogens is 172 g/mol. The Kier molecular flexibility index (Phi) is 2.67. The second-order valence-electron chi connectivity index (χ2n) is 4.09. The van der Waals surface area contributed by atoms with Crippen LogP contribution in [-0.4, -0.2) is 5.78 Å². The van der Waals surface area contributed by atoms with E-state index >= 15 is 0 Å². The van der Waals surface area contributed by atoms with Gasteiger partial charge in [0.25, 0.3) is 0 Å². The van der Waals surface area contributed by atoms with Crippen molar-refractivity contribution in [2.24, 2.45) is 5.92 Å². The summed E-state index contributed by atoms with van der Waals surface area (Å²) >= 11 is 0. The average Bonchev–Trinajstić information content (AvgIpc) is 3.01. The molecular formula is C13H16O. The smallest absolute Gasteiger partial charge is 0.140 e. The molecule has 1 aromatic carbocycles. The molecule has 0 heterocycles. The number of carbonyl (C=O) groups is 1. The third-order valence-corrected chi connectivity index (χ3v) is 2.81. The SMILES string of the molecule is CCc1cccc(CC(=O)C2CC2)c1. The van der Waals surface area contributed by atoms with Crippen LogP contribution >= 0.6 is 0 Å². The quantitative estimate of drug-likeness (QED) is 0.710. The van der Waals surface area contributed by atoms with E-state index in [1.54, 1.807) is 0 Å². The summed E-state index contributed by atoms with van der Waals surface area (Å²) in [5.41, 5.74) is 2.51. The highest BCUT2D eigenvalue weighted by molar-refractivity contribution is 5.85. The number of carbonyl (C=O) groups excluding carboxylic acids is 1. The Labute approximate surface area is 85.1 Å². The maximum atomic E-state index is 11.6. The molecule has 14 heavy (non-hydrogen) atoms. The Bertz CT molecular complexity index is 337. The van der Waals surface area contributed by atoms with Crippen LogP contribution in [-0.2, 0) is 17.6 Å². The molecule has 0 bridgehead atoms. The summed E-state index contributed by atoms with van der Waals surface area (Å²) in [7, 11) is 0. The molecule has 2 rings (SSSR count). The van der Waals surface area contributed by atoms with Crippen LogP contribution in [0.25, 0.3) is 0 Å². The van der Waals surface area contributed by atoms with Crippen molar-refractivity contribution in [3.63, 3.8) is 0 Å². The highest BCUT2D eigenvalue weighted by Gasteiger charge is 2.28. The van der Waals surface area contributed by atoms with Crippen LogP contribution in [0.15, 0.2) is 24.3 Å². The zero-order valence-corrected chi connectivity index (χ0v) is 8.62. The van der Waals surface area contributed by atoms with Gasteiger partial charge in [-0.05, 0) is 30.4 Å². The van der Waals surface area contributed by atoms with Crippen molar-refractivity contribution >= 4 is 5.78 Å². The van der Waals surface area contributed by atoms with Gasteiger partial charge in [0.2, 0.25) is 0 Å². The third kappa shape index (κ3) is 2.22. The number of aryl methyl sites for hydroxylation is 1. The maximum Gasteiger partial charge on any atom is 0.140 e. The van der Waals surface area contributed by atoms with Crippen LogP contribution in [0.4, 0.5) is 0 Å². The van der Waals surface area contributed by atoms with Crippen molar-refractivity contribution in [2.45, 2.75) is 32.6 Å². The minimum absolute atomic E-state index is 0.389. The molecule has 1 aromatic rings. The molecule has 1 aliphatic carbocycles. The molecule has 0 aliphatic heterocycles.